The van der Waals surface area contributed by atoms with Gasteiger partial charge in [-0.05, 0) is 37.8 Å². The van der Waals surface area contributed by atoms with Crippen LogP contribution in [0.25, 0.3) is 11.0 Å². The lowest BCUT2D eigenvalue weighted by Crippen LogP contribution is -2.47. The van der Waals surface area contributed by atoms with Gasteiger partial charge in [-0.2, -0.15) is 13.2 Å². The average molecular weight is 415 g/mol. The maximum atomic E-state index is 10.9. The van der Waals surface area contributed by atoms with Gasteiger partial charge in [0.05, 0.1) is 28.7 Å². The lowest BCUT2D eigenvalue weighted by Gasteiger charge is -2.42. The first-order valence-corrected chi connectivity index (χ1v) is 8.97. The molecular formula is C18H20F3N3O5. The predicted molar refractivity (Wildman–Crippen MR) is 95.5 cm³/mol. The molecule has 1 saturated carbocycles. The molecule has 11 heteroatoms. The molecule has 2 aliphatic rings. The number of aromatic amines is 1. The van der Waals surface area contributed by atoms with E-state index < -0.39 is 18.1 Å². The molecule has 158 valence electrons. The number of hydrogen-bond donors (Lipinski definition) is 4. The van der Waals surface area contributed by atoms with Crippen LogP contribution >= 0.6 is 0 Å². The van der Waals surface area contributed by atoms with Crippen molar-refractivity contribution in [2.24, 2.45) is 5.92 Å². The SMILES string of the molecule is O=C(O)C(F)(F)F.O=C(O)C1CC2(CCC(CNc3nc4ccccc4[nH]3)O2)C1. The standard InChI is InChI=1S/C16H19N3O3.C2HF3O2/c20-14(21)10-7-16(8-10)6-5-11(22-16)9-17-15-18-12-3-1-2-4-13(12)19-15;3-2(4,5)1(6)7/h1-4,10-11H,5-9H2,(H,20,21)(H2,17,18,19);(H,6,7). The van der Waals surface area contributed by atoms with E-state index in [0.717, 1.165) is 29.8 Å². The van der Waals surface area contributed by atoms with Crippen molar-refractivity contribution in [1.29, 1.82) is 0 Å². The van der Waals surface area contributed by atoms with Crippen molar-refractivity contribution < 1.29 is 37.7 Å². The topological polar surface area (TPSA) is 125 Å². The molecule has 0 radical (unpaired) electrons. The van der Waals surface area contributed by atoms with E-state index in [1.807, 2.05) is 24.3 Å². The molecule has 1 atom stereocenters. The van der Waals surface area contributed by atoms with Crippen LogP contribution in [0, 0.1) is 5.92 Å². The molecule has 1 aliphatic carbocycles. The number of fused-ring (bicyclic) bond motifs is 1. The third-order valence-electron chi connectivity index (χ3n) is 5.05. The Hall–Kier alpha value is -2.82. The summed E-state index contributed by atoms with van der Waals surface area (Å²) < 4.78 is 37.8. The molecule has 8 nitrogen and oxygen atoms in total. The summed E-state index contributed by atoms with van der Waals surface area (Å²) in [6, 6.07) is 7.91. The number of aliphatic carboxylic acids is 2. The highest BCUT2D eigenvalue weighted by Gasteiger charge is 2.52. The minimum atomic E-state index is -5.08. The fourth-order valence-electron chi connectivity index (χ4n) is 3.60. The predicted octanol–water partition coefficient (Wildman–Crippen LogP) is 3.02. The Balaban J connectivity index is 0.000000298. The van der Waals surface area contributed by atoms with E-state index in [1.165, 1.54) is 0 Å². The van der Waals surface area contributed by atoms with Crippen LogP contribution in [0.1, 0.15) is 25.7 Å². The Labute approximate surface area is 163 Å². The normalized spacial score (nSPS) is 25.9. The van der Waals surface area contributed by atoms with Gasteiger partial charge in [0.2, 0.25) is 5.95 Å². The largest absolute Gasteiger partial charge is 0.490 e. The Morgan fingerprint density at radius 1 is 1.28 bits per heavy atom. The zero-order valence-electron chi connectivity index (χ0n) is 15.2. The summed E-state index contributed by atoms with van der Waals surface area (Å²) in [5.41, 5.74) is 1.78. The number of carboxylic acid groups (broad SMARTS) is 2. The lowest BCUT2D eigenvalue weighted by atomic mass is 9.69. The zero-order chi connectivity index (χ0) is 21.2. The van der Waals surface area contributed by atoms with Crippen LogP contribution in [0.2, 0.25) is 0 Å². The van der Waals surface area contributed by atoms with E-state index >= 15 is 0 Å². The number of hydrogen-bond acceptors (Lipinski definition) is 5. The van der Waals surface area contributed by atoms with E-state index in [1.54, 1.807) is 0 Å². The van der Waals surface area contributed by atoms with Gasteiger partial charge in [0.25, 0.3) is 0 Å². The summed E-state index contributed by atoms with van der Waals surface area (Å²) in [7, 11) is 0. The van der Waals surface area contributed by atoms with E-state index in [2.05, 4.69) is 15.3 Å². The molecule has 2 aromatic rings. The third-order valence-corrected chi connectivity index (χ3v) is 5.05. The maximum Gasteiger partial charge on any atom is 0.490 e. The van der Waals surface area contributed by atoms with Gasteiger partial charge < -0.3 is 25.3 Å². The highest BCUT2D eigenvalue weighted by Crippen LogP contribution is 2.49. The number of nitrogens with zero attached hydrogens (tertiary/aromatic N) is 1. The first-order valence-electron chi connectivity index (χ1n) is 8.97. The maximum absolute atomic E-state index is 10.9. The number of carbonyl (C=O) groups is 2. The number of H-pyrrole nitrogens is 1. The molecule has 1 spiro atoms. The van der Waals surface area contributed by atoms with Gasteiger partial charge in [-0.15, -0.1) is 0 Å². The van der Waals surface area contributed by atoms with Crippen LogP contribution in [0.5, 0.6) is 0 Å². The molecule has 1 unspecified atom stereocenters. The first kappa shape index (κ1) is 20.9. The van der Waals surface area contributed by atoms with Crippen molar-refractivity contribution in [3.05, 3.63) is 24.3 Å². The van der Waals surface area contributed by atoms with Crippen molar-refractivity contribution >= 4 is 28.9 Å². The number of ether oxygens (including phenoxy) is 1. The molecule has 1 aliphatic heterocycles. The second-order valence-corrected chi connectivity index (χ2v) is 7.19. The van der Waals surface area contributed by atoms with Crippen LogP contribution in [-0.2, 0) is 14.3 Å². The Morgan fingerprint density at radius 2 is 1.93 bits per heavy atom. The fraction of sp³-hybridized carbons (Fsp3) is 0.500. The number of anilines is 1. The number of halogens is 3. The lowest BCUT2D eigenvalue weighted by molar-refractivity contribution is -0.192. The molecule has 4 N–H and O–H groups in total. The summed E-state index contributed by atoms with van der Waals surface area (Å²) in [5, 5.41) is 19.4. The van der Waals surface area contributed by atoms with E-state index in [9.17, 15) is 18.0 Å². The van der Waals surface area contributed by atoms with E-state index in [0.29, 0.717) is 19.4 Å². The fourth-order valence-corrected chi connectivity index (χ4v) is 3.60. The van der Waals surface area contributed by atoms with Crippen LogP contribution in [0.15, 0.2) is 24.3 Å². The quantitative estimate of drug-likeness (QED) is 0.605. The summed E-state index contributed by atoms with van der Waals surface area (Å²) in [6.45, 7) is 0.694. The summed E-state index contributed by atoms with van der Waals surface area (Å²) in [5.74, 6) is -2.92. The number of rotatable bonds is 4. The second kappa shape index (κ2) is 7.90. The van der Waals surface area contributed by atoms with Crippen molar-refractivity contribution in [2.45, 2.75) is 43.6 Å². The number of para-hydroxylation sites is 2. The molecule has 1 aromatic heterocycles. The van der Waals surface area contributed by atoms with Gasteiger partial charge >= 0.3 is 18.1 Å². The number of imidazole rings is 1. The number of carboxylic acids is 2. The Morgan fingerprint density at radius 3 is 2.52 bits per heavy atom. The van der Waals surface area contributed by atoms with Gasteiger partial charge in [-0.3, -0.25) is 4.79 Å². The molecule has 2 heterocycles. The zero-order valence-corrected chi connectivity index (χ0v) is 15.2. The van der Waals surface area contributed by atoms with E-state index in [-0.39, 0.29) is 17.6 Å². The van der Waals surface area contributed by atoms with Crippen LogP contribution in [0.4, 0.5) is 19.1 Å². The second-order valence-electron chi connectivity index (χ2n) is 7.19. The molecule has 0 bridgehead atoms. The number of benzene rings is 1. The van der Waals surface area contributed by atoms with Crippen LogP contribution in [-0.4, -0.2) is 56.5 Å². The Kier molecular flexibility index (Phi) is 5.69. The van der Waals surface area contributed by atoms with Crippen molar-refractivity contribution in [1.82, 2.24) is 9.97 Å². The average Bonchev–Trinajstić information content (AvgIpc) is 3.22. The van der Waals surface area contributed by atoms with E-state index in [4.69, 9.17) is 19.7 Å². The van der Waals surface area contributed by atoms with Gasteiger partial charge in [0.1, 0.15) is 0 Å². The molecule has 0 amide bonds. The first-order chi connectivity index (χ1) is 13.6. The highest BCUT2D eigenvalue weighted by atomic mass is 19.4. The molecule has 29 heavy (non-hydrogen) atoms. The summed E-state index contributed by atoms with van der Waals surface area (Å²) in [4.78, 5) is 27.5. The van der Waals surface area contributed by atoms with Crippen LogP contribution < -0.4 is 5.32 Å². The van der Waals surface area contributed by atoms with Crippen molar-refractivity contribution in [3.8, 4) is 0 Å². The number of nitrogens with one attached hydrogen (secondary N) is 2. The number of aromatic nitrogens is 2. The highest BCUT2D eigenvalue weighted by molar-refractivity contribution is 5.77. The molecular weight excluding hydrogens is 395 g/mol. The Bertz CT molecular complexity index is 859. The van der Waals surface area contributed by atoms with Crippen LogP contribution in [0.3, 0.4) is 0 Å². The van der Waals surface area contributed by atoms with Crippen molar-refractivity contribution in [3.63, 3.8) is 0 Å². The minimum absolute atomic E-state index is 0.128. The van der Waals surface area contributed by atoms with Gasteiger partial charge in [-0.25, -0.2) is 9.78 Å². The smallest absolute Gasteiger partial charge is 0.481 e. The van der Waals surface area contributed by atoms with Crippen molar-refractivity contribution in [2.75, 3.05) is 11.9 Å². The number of alkyl halides is 3. The molecule has 1 saturated heterocycles. The third kappa shape index (κ3) is 4.97. The van der Waals surface area contributed by atoms with Gasteiger partial charge in [0.15, 0.2) is 0 Å². The minimum Gasteiger partial charge on any atom is -0.481 e. The summed E-state index contributed by atoms with van der Waals surface area (Å²) >= 11 is 0. The molecule has 2 fully saturated rings. The summed E-state index contributed by atoms with van der Waals surface area (Å²) in [6.07, 6.45) is -1.71. The van der Waals surface area contributed by atoms with Gasteiger partial charge in [0, 0.05) is 6.54 Å². The molecule has 4 rings (SSSR count). The molecule has 1 aromatic carbocycles. The monoisotopic (exact) mass is 415 g/mol. The van der Waals surface area contributed by atoms with Gasteiger partial charge in [-0.1, -0.05) is 12.1 Å².